The molecule has 1 aliphatic heterocycles. The molecule has 7 heteroatoms. The highest BCUT2D eigenvalue weighted by Crippen LogP contribution is 2.37. The second-order valence-electron chi connectivity index (χ2n) is 3.60. The summed E-state index contributed by atoms with van der Waals surface area (Å²) in [6.45, 7) is -0.143. The zero-order valence-corrected chi connectivity index (χ0v) is 10.3. The van der Waals surface area contributed by atoms with Crippen molar-refractivity contribution >= 4 is 33.3 Å². The molecule has 16 heavy (non-hydrogen) atoms. The van der Waals surface area contributed by atoms with Crippen LogP contribution in [0.1, 0.15) is 0 Å². The van der Waals surface area contributed by atoms with Gasteiger partial charge in [0.05, 0.1) is 10.9 Å². The Morgan fingerprint density at radius 2 is 2.06 bits per heavy atom. The summed E-state index contributed by atoms with van der Waals surface area (Å²) in [5.41, 5.74) is 0. The number of anilines is 1. The van der Waals surface area contributed by atoms with Gasteiger partial charge in [0.15, 0.2) is 0 Å². The number of hydrogen-bond acceptors (Lipinski definition) is 2. The average molecular weight is 316 g/mol. The molecule has 1 saturated heterocycles. The summed E-state index contributed by atoms with van der Waals surface area (Å²) < 4.78 is 37.5. The fourth-order valence-electron chi connectivity index (χ4n) is 1.50. The molecule has 0 radical (unpaired) electrons. The molecule has 0 saturated carbocycles. The minimum atomic E-state index is -4.13. The zero-order chi connectivity index (χ0) is 11.9. The molecular weight excluding hydrogens is 308 g/mol. The predicted molar refractivity (Wildman–Crippen MR) is 58.7 cm³/mol. The number of hydrogen-bond donors (Lipinski definition) is 0. The van der Waals surface area contributed by atoms with E-state index in [1.165, 1.54) is 11.1 Å². The van der Waals surface area contributed by atoms with E-state index in [-0.39, 0.29) is 13.1 Å². The van der Waals surface area contributed by atoms with Gasteiger partial charge in [-0.25, -0.2) is 4.98 Å². The first-order chi connectivity index (χ1) is 7.38. The van der Waals surface area contributed by atoms with Gasteiger partial charge in [0.2, 0.25) is 0 Å². The third kappa shape index (κ3) is 2.27. The van der Waals surface area contributed by atoms with E-state index < -0.39 is 12.1 Å². The van der Waals surface area contributed by atoms with Crippen LogP contribution in [0.25, 0.3) is 0 Å². The third-order valence-electron chi connectivity index (χ3n) is 2.43. The van der Waals surface area contributed by atoms with Crippen molar-refractivity contribution in [1.29, 1.82) is 0 Å². The average Bonchev–Trinajstić information content (AvgIpc) is 2.03. The van der Waals surface area contributed by atoms with Crippen LogP contribution >= 0.6 is 27.5 Å². The van der Waals surface area contributed by atoms with E-state index in [2.05, 4.69) is 20.9 Å². The Kier molecular flexibility index (Phi) is 3.05. The van der Waals surface area contributed by atoms with E-state index in [1.807, 2.05) is 0 Å². The minimum absolute atomic E-state index is 0.0716. The van der Waals surface area contributed by atoms with Crippen LogP contribution in [0.5, 0.6) is 0 Å². The number of nitrogens with zero attached hydrogens (tertiary/aromatic N) is 2. The Labute approximate surface area is 104 Å². The molecule has 2 rings (SSSR count). The first kappa shape index (κ1) is 12.0. The number of rotatable bonds is 1. The van der Waals surface area contributed by atoms with E-state index in [0.717, 1.165) is 0 Å². The molecule has 0 unspecified atom stereocenters. The fraction of sp³-hybridized carbons (Fsp3) is 0.444. The number of alkyl halides is 3. The standard InChI is InChI=1S/C9H7BrClF3N2/c10-6-1-7(11)8(15-2-6)16-3-5(4-16)9(12,13)14/h1-2,5H,3-4H2. The van der Waals surface area contributed by atoms with Crippen LogP contribution < -0.4 is 4.90 Å². The number of aromatic nitrogens is 1. The van der Waals surface area contributed by atoms with Crippen LogP contribution in [-0.4, -0.2) is 24.2 Å². The molecule has 2 heterocycles. The van der Waals surface area contributed by atoms with Crippen LogP contribution in [0.4, 0.5) is 19.0 Å². The summed E-state index contributed by atoms with van der Waals surface area (Å²) in [5, 5.41) is 0.356. The van der Waals surface area contributed by atoms with E-state index in [4.69, 9.17) is 11.6 Å². The van der Waals surface area contributed by atoms with Crippen LogP contribution in [0.2, 0.25) is 5.02 Å². The Balaban J connectivity index is 2.07. The van der Waals surface area contributed by atoms with Crippen molar-refractivity contribution in [2.75, 3.05) is 18.0 Å². The highest BCUT2D eigenvalue weighted by molar-refractivity contribution is 9.10. The van der Waals surface area contributed by atoms with Crippen molar-refractivity contribution in [2.45, 2.75) is 6.18 Å². The van der Waals surface area contributed by atoms with E-state index in [9.17, 15) is 13.2 Å². The van der Waals surface area contributed by atoms with Crippen molar-refractivity contribution < 1.29 is 13.2 Å². The molecule has 0 aromatic carbocycles. The van der Waals surface area contributed by atoms with Gasteiger partial charge in [-0.05, 0) is 22.0 Å². The largest absolute Gasteiger partial charge is 0.395 e. The zero-order valence-electron chi connectivity index (χ0n) is 7.93. The van der Waals surface area contributed by atoms with Gasteiger partial charge in [-0.3, -0.25) is 0 Å². The van der Waals surface area contributed by atoms with Crippen LogP contribution in [-0.2, 0) is 0 Å². The molecule has 1 aliphatic rings. The summed E-state index contributed by atoms with van der Waals surface area (Å²) in [4.78, 5) is 5.52. The minimum Gasteiger partial charge on any atom is -0.354 e. The molecule has 1 aromatic heterocycles. The maximum absolute atomic E-state index is 12.3. The first-order valence-corrected chi connectivity index (χ1v) is 5.67. The summed E-state index contributed by atoms with van der Waals surface area (Å²) in [5.74, 6) is -0.862. The van der Waals surface area contributed by atoms with Gasteiger partial charge in [0.25, 0.3) is 0 Å². The smallest absolute Gasteiger partial charge is 0.354 e. The Bertz CT molecular complexity index is 404. The summed E-state index contributed by atoms with van der Waals surface area (Å²) in [7, 11) is 0. The van der Waals surface area contributed by atoms with Gasteiger partial charge in [-0.2, -0.15) is 13.2 Å². The lowest BCUT2D eigenvalue weighted by Gasteiger charge is -2.41. The highest BCUT2D eigenvalue weighted by atomic mass is 79.9. The van der Waals surface area contributed by atoms with E-state index >= 15 is 0 Å². The Hall–Kier alpha value is -0.490. The Morgan fingerprint density at radius 3 is 2.56 bits per heavy atom. The number of halogens is 5. The van der Waals surface area contributed by atoms with Gasteiger partial charge in [0, 0.05) is 23.8 Å². The van der Waals surface area contributed by atoms with Crippen molar-refractivity contribution in [1.82, 2.24) is 4.98 Å². The lowest BCUT2D eigenvalue weighted by Crippen LogP contribution is -2.53. The van der Waals surface area contributed by atoms with Crippen LogP contribution in [0, 0.1) is 5.92 Å². The molecule has 0 spiro atoms. The van der Waals surface area contributed by atoms with E-state index in [1.54, 1.807) is 6.07 Å². The lowest BCUT2D eigenvalue weighted by atomic mass is 10.00. The summed E-state index contributed by atoms with van der Waals surface area (Å²) >= 11 is 9.07. The van der Waals surface area contributed by atoms with E-state index in [0.29, 0.717) is 15.3 Å². The Morgan fingerprint density at radius 1 is 1.44 bits per heavy atom. The number of pyridine rings is 1. The van der Waals surface area contributed by atoms with Crippen LogP contribution in [0.3, 0.4) is 0 Å². The molecule has 0 amide bonds. The normalized spacial score (nSPS) is 17.4. The molecular formula is C9H7BrClF3N2. The highest BCUT2D eigenvalue weighted by Gasteiger charge is 2.47. The lowest BCUT2D eigenvalue weighted by molar-refractivity contribution is -0.180. The van der Waals surface area contributed by atoms with Gasteiger partial charge >= 0.3 is 6.18 Å². The quantitative estimate of drug-likeness (QED) is 0.788. The SMILES string of the molecule is FC(F)(F)C1CN(c2ncc(Br)cc2Cl)C1. The molecule has 0 aliphatic carbocycles. The molecule has 0 bridgehead atoms. The third-order valence-corrected chi connectivity index (χ3v) is 3.14. The van der Waals surface area contributed by atoms with Crippen molar-refractivity contribution in [3.63, 3.8) is 0 Å². The topological polar surface area (TPSA) is 16.1 Å². The molecule has 0 atom stereocenters. The van der Waals surface area contributed by atoms with Gasteiger partial charge in [-0.1, -0.05) is 11.6 Å². The molecule has 1 fully saturated rings. The van der Waals surface area contributed by atoms with Crippen LogP contribution in [0.15, 0.2) is 16.7 Å². The fourth-order valence-corrected chi connectivity index (χ4v) is 2.25. The molecule has 0 N–H and O–H groups in total. The van der Waals surface area contributed by atoms with Crippen molar-refractivity contribution in [3.8, 4) is 0 Å². The van der Waals surface area contributed by atoms with Gasteiger partial charge in [0.1, 0.15) is 5.82 Å². The second kappa shape index (κ2) is 4.07. The van der Waals surface area contributed by atoms with Gasteiger partial charge < -0.3 is 4.90 Å². The molecule has 88 valence electrons. The molecule has 1 aromatic rings. The van der Waals surface area contributed by atoms with Crippen molar-refractivity contribution in [2.24, 2.45) is 5.92 Å². The maximum atomic E-state index is 12.3. The van der Waals surface area contributed by atoms with Gasteiger partial charge in [-0.15, -0.1) is 0 Å². The first-order valence-electron chi connectivity index (χ1n) is 4.50. The summed E-state index contributed by atoms with van der Waals surface area (Å²) in [6.07, 6.45) is -2.61. The molecule has 2 nitrogen and oxygen atoms in total. The second-order valence-corrected chi connectivity index (χ2v) is 4.93. The van der Waals surface area contributed by atoms with Crippen molar-refractivity contribution in [3.05, 3.63) is 21.8 Å². The maximum Gasteiger partial charge on any atom is 0.395 e. The summed E-state index contributed by atoms with van der Waals surface area (Å²) in [6, 6.07) is 1.62. The predicted octanol–water partition coefficient (Wildman–Crippen LogP) is 3.50. The monoisotopic (exact) mass is 314 g/mol.